The fourth-order valence-corrected chi connectivity index (χ4v) is 5.10. The molecule has 0 aliphatic heterocycles. The summed E-state index contributed by atoms with van der Waals surface area (Å²) in [6.45, 7) is 4.43. The molecule has 0 radical (unpaired) electrons. The van der Waals surface area contributed by atoms with Gasteiger partial charge in [-0.1, -0.05) is 0 Å². The summed E-state index contributed by atoms with van der Waals surface area (Å²) in [6.07, 6.45) is 0.602. The van der Waals surface area contributed by atoms with E-state index in [1.165, 1.54) is 11.3 Å². The third kappa shape index (κ3) is 3.64. The number of thiazole rings is 1. The van der Waals surface area contributed by atoms with Gasteiger partial charge in [-0.05, 0) is 19.9 Å². The van der Waals surface area contributed by atoms with Gasteiger partial charge < -0.3 is 5.73 Å². The van der Waals surface area contributed by atoms with Crippen molar-refractivity contribution >= 4 is 32.7 Å². The van der Waals surface area contributed by atoms with E-state index in [2.05, 4.69) is 9.71 Å². The van der Waals surface area contributed by atoms with Crippen molar-refractivity contribution in [1.29, 1.82) is 0 Å². The standard InChI is InChI=1S/C12H17N3O2S3/c1-8-7-18-12(15-8)3-4-14-20(16,17)11-5-10(6-13)19-9(11)2/h5,7,14H,3-4,6,13H2,1-2H3. The van der Waals surface area contributed by atoms with Crippen molar-refractivity contribution in [2.75, 3.05) is 6.54 Å². The van der Waals surface area contributed by atoms with Gasteiger partial charge in [0.1, 0.15) is 0 Å². The zero-order valence-corrected chi connectivity index (χ0v) is 13.8. The maximum atomic E-state index is 12.2. The first-order chi connectivity index (χ1) is 9.42. The molecular formula is C12H17N3O2S3. The maximum Gasteiger partial charge on any atom is 0.241 e. The number of nitrogens with one attached hydrogen (secondary N) is 1. The van der Waals surface area contributed by atoms with Crippen LogP contribution in [0.4, 0.5) is 0 Å². The summed E-state index contributed by atoms with van der Waals surface area (Å²) in [5.74, 6) is 0. The van der Waals surface area contributed by atoms with E-state index in [4.69, 9.17) is 5.73 Å². The minimum absolute atomic E-state index is 0.332. The second-order valence-electron chi connectivity index (χ2n) is 4.37. The monoisotopic (exact) mass is 331 g/mol. The van der Waals surface area contributed by atoms with Crippen LogP contribution in [0.3, 0.4) is 0 Å². The molecule has 0 amide bonds. The van der Waals surface area contributed by atoms with E-state index in [-0.39, 0.29) is 0 Å². The van der Waals surface area contributed by atoms with E-state index in [1.807, 2.05) is 12.3 Å². The minimum atomic E-state index is -3.46. The number of thiophene rings is 1. The maximum absolute atomic E-state index is 12.2. The fourth-order valence-electron chi connectivity index (χ4n) is 1.78. The van der Waals surface area contributed by atoms with Gasteiger partial charge in [-0.15, -0.1) is 22.7 Å². The van der Waals surface area contributed by atoms with Crippen LogP contribution in [0.25, 0.3) is 0 Å². The molecule has 0 aliphatic rings. The Hall–Kier alpha value is -0.800. The number of aryl methyl sites for hydroxylation is 2. The van der Waals surface area contributed by atoms with Crippen LogP contribution in [0.5, 0.6) is 0 Å². The first kappa shape index (κ1) is 15.6. The normalized spacial score (nSPS) is 11.9. The average Bonchev–Trinajstić information content (AvgIpc) is 2.95. The highest BCUT2D eigenvalue weighted by Crippen LogP contribution is 2.25. The van der Waals surface area contributed by atoms with Gasteiger partial charge >= 0.3 is 0 Å². The molecule has 2 aromatic rings. The largest absolute Gasteiger partial charge is 0.326 e. The Morgan fingerprint density at radius 1 is 1.40 bits per heavy atom. The zero-order chi connectivity index (χ0) is 14.8. The quantitative estimate of drug-likeness (QED) is 0.845. The minimum Gasteiger partial charge on any atom is -0.326 e. The van der Waals surface area contributed by atoms with Gasteiger partial charge in [0.15, 0.2) is 0 Å². The number of hydrogen-bond donors (Lipinski definition) is 2. The van der Waals surface area contributed by atoms with Crippen molar-refractivity contribution in [2.45, 2.75) is 31.7 Å². The number of nitrogens with two attached hydrogens (primary N) is 1. The average molecular weight is 331 g/mol. The first-order valence-electron chi connectivity index (χ1n) is 6.12. The lowest BCUT2D eigenvalue weighted by molar-refractivity contribution is 0.581. The van der Waals surface area contributed by atoms with Crippen LogP contribution in [0, 0.1) is 13.8 Å². The predicted molar refractivity (Wildman–Crippen MR) is 82.7 cm³/mol. The Kier molecular flexibility index (Phi) is 4.92. The van der Waals surface area contributed by atoms with E-state index >= 15 is 0 Å². The van der Waals surface area contributed by atoms with Gasteiger partial charge in [0.05, 0.1) is 9.90 Å². The van der Waals surface area contributed by atoms with Crippen molar-refractivity contribution in [3.05, 3.63) is 31.9 Å². The highest BCUT2D eigenvalue weighted by atomic mass is 32.2. The molecule has 20 heavy (non-hydrogen) atoms. The van der Waals surface area contributed by atoms with Gasteiger partial charge in [-0.25, -0.2) is 18.1 Å². The molecule has 0 atom stereocenters. The topological polar surface area (TPSA) is 85.1 Å². The summed E-state index contributed by atoms with van der Waals surface area (Å²) in [5.41, 5.74) is 6.51. The molecule has 110 valence electrons. The summed E-state index contributed by atoms with van der Waals surface area (Å²) in [4.78, 5) is 6.28. The highest BCUT2D eigenvalue weighted by Gasteiger charge is 2.19. The van der Waals surface area contributed by atoms with Crippen molar-refractivity contribution in [1.82, 2.24) is 9.71 Å². The number of aromatic nitrogens is 1. The number of rotatable bonds is 6. The Balaban J connectivity index is 2.01. The van der Waals surface area contributed by atoms with Crippen molar-refractivity contribution in [3.8, 4) is 0 Å². The molecule has 2 rings (SSSR count). The van der Waals surface area contributed by atoms with Crippen LogP contribution in [0.2, 0.25) is 0 Å². The zero-order valence-electron chi connectivity index (χ0n) is 11.3. The van der Waals surface area contributed by atoms with Gasteiger partial charge in [0, 0.05) is 40.3 Å². The van der Waals surface area contributed by atoms with Crippen LogP contribution in [0.1, 0.15) is 20.5 Å². The van der Waals surface area contributed by atoms with Gasteiger partial charge in [-0.2, -0.15) is 0 Å². The Bertz CT molecular complexity index is 689. The van der Waals surface area contributed by atoms with E-state index in [1.54, 1.807) is 24.3 Å². The summed E-state index contributed by atoms with van der Waals surface area (Å²) < 4.78 is 27.0. The number of hydrogen-bond acceptors (Lipinski definition) is 6. The Labute approximate surface area is 126 Å². The van der Waals surface area contributed by atoms with Crippen LogP contribution in [0.15, 0.2) is 16.3 Å². The van der Waals surface area contributed by atoms with Crippen LogP contribution in [-0.4, -0.2) is 19.9 Å². The highest BCUT2D eigenvalue weighted by molar-refractivity contribution is 7.89. The molecule has 0 saturated heterocycles. The van der Waals surface area contributed by atoms with Crippen LogP contribution in [-0.2, 0) is 23.0 Å². The van der Waals surface area contributed by atoms with Gasteiger partial charge in [0.2, 0.25) is 10.0 Å². The van der Waals surface area contributed by atoms with Crippen molar-refractivity contribution in [2.24, 2.45) is 5.73 Å². The van der Waals surface area contributed by atoms with Crippen LogP contribution >= 0.6 is 22.7 Å². The van der Waals surface area contributed by atoms with E-state index in [0.29, 0.717) is 24.4 Å². The molecule has 0 aliphatic carbocycles. The molecule has 2 heterocycles. The van der Waals surface area contributed by atoms with E-state index in [9.17, 15) is 8.42 Å². The molecule has 0 unspecified atom stereocenters. The van der Waals surface area contributed by atoms with Crippen molar-refractivity contribution < 1.29 is 8.42 Å². The molecule has 0 spiro atoms. The molecule has 5 nitrogen and oxygen atoms in total. The number of nitrogens with zero attached hydrogens (tertiary/aromatic N) is 1. The lowest BCUT2D eigenvalue weighted by Gasteiger charge is -2.04. The second-order valence-corrected chi connectivity index (χ2v) is 8.39. The first-order valence-corrected chi connectivity index (χ1v) is 9.30. The van der Waals surface area contributed by atoms with E-state index in [0.717, 1.165) is 20.5 Å². The third-order valence-electron chi connectivity index (χ3n) is 2.71. The summed E-state index contributed by atoms with van der Waals surface area (Å²) in [5, 5.41) is 2.90. The summed E-state index contributed by atoms with van der Waals surface area (Å²) in [6, 6.07) is 1.65. The molecule has 3 N–H and O–H groups in total. The Morgan fingerprint density at radius 3 is 2.70 bits per heavy atom. The van der Waals surface area contributed by atoms with E-state index < -0.39 is 10.0 Å². The fraction of sp³-hybridized carbons (Fsp3) is 0.417. The molecule has 0 fully saturated rings. The molecule has 0 aromatic carbocycles. The lowest BCUT2D eigenvalue weighted by Crippen LogP contribution is -2.26. The lowest BCUT2D eigenvalue weighted by atomic mass is 10.4. The number of sulfonamides is 1. The SMILES string of the molecule is Cc1csc(CCNS(=O)(=O)c2cc(CN)sc2C)n1. The Morgan fingerprint density at radius 2 is 2.15 bits per heavy atom. The second kappa shape index (κ2) is 6.31. The predicted octanol–water partition coefficient (Wildman–Crippen LogP) is 1.80. The molecular weight excluding hydrogens is 314 g/mol. The van der Waals surface area contributed by atoms with Gasteiger partial charge in [0.25, 0.3) is 0 Å². The molecule has 0 bridgehead atoms. The third-order valence-corrected chi connectivity index (χ3v) is 6.53. The molecule has 0 saturated carbocycles. The van der Waals surface area contributed by atoms with Crippen molar-refractivity contribution in [3.63, 3.8) is 0 Å². The van der Waals surface area contributed by atoms with Crippen LogP contribution < -0.4 is 10.5 Å². The molecule has 2 aromatic heterocycles. The molecule has 8 heteroatoms. The smallest absolute Gasteiger partial charge is 0.241 e. The summed E-state index contributed by atoms with van der Waals surface area (Å²) in [7, 11) is -3.46. The van der Waals surface area contributed by atoms with Gasteiger partial charge in [-0.3, -0.25) is 0 Å². The summed E-state index contributed by atoms with van der Waals surface area (Å²) >= 11 is 2.97.